The van der Waals surface area contributed by atoms with Crippen molar-refractivity contribution in [3.63, 3.8) is 0 Å². The van der Waals surface area contributed by atoms with Gasteiger partial charge >= 0.3 is 0 Å². The van der Waals surface area contributed by atoms with Crippen LogP contribution in [0.5, 0.6) is 0 Å². The molecule has 0 amide bonds. The molecule has 1 aliphatic carbocycles. The van der Waals surface area contributed by atoms with Crippen LogP contribution in [0.2, 0.25) is 0 Å². The highest BCUT2D eigenvalue weighted by molar-refractivity contribution is 7.98. The molecule has 0 fully saturated rings. The van der Waals surface area contributed by atoms with Crippen molar-refractivity contribution in [3.05, 3.63) is 71.0 Å². The topological polar surface area (TPSA) is 69.9 Å². The Bertz CT molecular complexity index is 1110. The Morgan fingerprint density at radius 1 is 1.07 bits per heavy atom. The van der Waals surface area contributed by atoms with E-state index in [0.717, 1.165) is 52.4 Å². The van der Waals surface area contributed by atoms with Crippen molar-refractivity contribution in [2.75, 3.05) is 0 Å². The van der Waals surface area contributed by atoms with E-state index in [1.54, 1.807) is 18.0 Å². The lowest BCUT2D eigenvalue weighted by Crippen LogP contribution is -2.05. The van der Waals surface area contributed by atoms with Crippen LogP contribution >= 0.6 is 11.8 Å². The van der Waals surface area contributed by atoms with E-state index in [-0.39, 0.29) is 0 Å². The SMILES string of the molecule is Cc1occc1-c1nnc(SCc2noc3c2CCCC3)n1Cc1ccccc1. The zero-order valence-corrected chi connectivity index (χ0v) is 17.1. The Hall–Kier alpha value is -2.80. The summed E-state index contributed by atoms with van der Waals surface area (Å²) >= 11 is 1.66. The van der Waals surface area contributed by atoms with Crippen molar-refractivity contribution in [2.45, 2.75) is 50.1 Å². The number of aryl methyl sites for hydroxylation is 2. The van der Waals surface area contributed by atoms with Crippen LogP contribution in [0.15, 0.2) is 56.8 Å². The lowest BCUT2D eigenvalue weighted by molar-refractivity contribution is 0.369. The summed E-state index contributed by atoms with van der Waals surface area (Å²) in [7, 11) is 0. The van der Waals surface area contributed by atoms with Gasteiger partial charge in [-0.1, -0.05) is 47.3 Å². The number of fused-ring (bicyclic) bond motifs is 1. The van der Waals surface area contributed by atoms with Crippen LogP contribution in [0.3, 0.4) is 0 Å². The van der Waals surface area contributed by atoms with Crippen molar-refractivity contribution >= 4 is 11.8 Å². The molecule has 0 aliphatic heterocycles. The molecular formula is C22H22N4O2S. The van der Waals surface area contributed by atoms with Gasteiger partial charge < -0.3 is 8.94 Å². The third-order valence-corrected chi connectivity index (χ3v) is 6.35. The molecule has 1 aliphatic rings. The van der Waals surface area contributed by atoms with E-state index in [9.17, 15) is 0 Å². The summed E-state index contributed by atoms with van der Waals surface area (Å²) in [6, 6.07) is 12.3. The summed E-state index contributed by atoms with van der Waals surface area (Å²) in [6.45, 7) is 2.65. The van der Waals surface area contributed by atoms with Crippen molar-refractivity contribution in [1.82, 2.24) is 19.9 Å². The third kappa shape index (κ3) is 3.62. The molecule has 3 heterocycles. The molecule has 6 nitrogen and oxygen atoms in total. The molecule has 0 bridgehead atoms. The molecule has 4 aromatic rings. The maximum absolute atomic E-state index is 5.56. The molecule has 0 unspecified atom stereocenters. The number of nitrogens with zero attached hydrogens (tertiary/aromatic N) is 4. The first kappa shape index (κ1) is 18.2. The van der Waals surface area contributed by atoms with Gasteiger partial charge in [-0.05, 0) is 37.8 Å². The van der Waals surface area contributed by atoms with E-state index in [0.29, 0.717) is 6.54 Å². The lowest BCUT2D eigenvalue weighted by Gasteiger charge is -2.11. The highest BCUT2D eigenvalue weighted by atomic mass is 32.2. The molecule has 7 heteroatoms. The predicted molar refractivity (Wildman–Crippen MR) is 111 cm³/mol. The molecule has 3 aromatic heterocycles. The predicted octanol–water partition coefficient (Wildman–Crippen LogP) is 5.05. The van der Waals surface area contributed by atoms with Crippen LogP contribution < -0.4 is 0 Å². The van der Waals surface area contributed by atoms with Gasteiger partial charge in [-0.15, -0.1) is 10.2 Å². The van der Waals surface area contributed by atoms with Crippen LogP contribution in [0.1, 0.15) is 41.2 Å². The van der Waals surface area contributed by atoms with Crippen LogP contribution in [0.4, 0.5) is 0 Å². The molecule has 0 N–H and O–H groups in total. The van der Waals surface area contributed by atoms with Crippen molar-refractivity contribution in [2.24, 2.45) is 0 Å². The standard InChI is InChI=1S/C22H22N4O2S/c1-15-17(11-12-27-15)21-23-24-22(26(21)13-16-7-3-2-4-8-16)29-14-19-18-9-5-6-10-20(18)28-25-19/h2-4,7-8,11-12H,5-6,9-10,13-14H2,1H3. The van der Waals surface area contributed by atoms with Gasteiger partial charge in [0.25, 0.3) is 0 Å². The smallest absolute Gasteiger partial charge is 0.192 e. The molecule has 5 rings (SSSR count). The first-order valence-electron chi connectivity index (χ1n) is 9.90. The van der Waals surface area contributed by atoms with Gasteiger partial charge in [0.05, 0.1) is 24.1 Å². The van der Waals surface area contributed by atoms with E-state index in [4.69, 9.17) is 8.94 Å². The molecule has 0 atom stereocenters. The number of hydrogen-bond acceptors (Lipinski definition) is 6. The van der Waals surface area contributed by atoms with Gasteiger partial charge in [-0.3, -0.25) is 4.57 Å². The van der Waals surface area contributed by atoms with Crippen LogP contribution in [-0.4, -0.2) is 19.9 Å². The van der Waals surface area contributed by atoms with E-state index in [1.165, 1.54) is 24.0 Å². The summed E-state index contributed by atoms with van der Waals surface area (Å²) in [5.74, 6) is 3.46. The number of benzene rings is 1. The molecule has 29 heavy (non-hydrogen) atoms. The summed E-state index contributed by atoms with van der Waals surface area (Å²) in [5, 5.41) is 14.2. The van der Waals surface area contributed by atoms with Crippen LogP contribution in [0.25, 0.3) is 11.4 Å². The van der Waals surface area contributed by atoms with Gasteiger partial charge in [0, 0.05) is 17.7 Å². The Morgan fingerprint density at radius 2 is 1.93 bits per heavy atom. The minimum atomic E-state index is 0.701. The fraction of sp³-hybridized carbons (Fsp3) is 0.318. The largest absolute Gasteiger partial charge is 0.469 e. The van der Waals surface area contributed by atoms with E-state index in [2.05, 4.69) is 44.2 Å². The van der Waals surface area contributed by atoms with Crippen molar-refractivity contribution < 1.29 is 8.94 Å². The van der Waals surface area contributed by atoms with Gasteiger partial charge in [0.1, 0.15) is 11.5 Å². The fourth-order valence-corrected chi connectivity index (χ4v) is 4.71. The highest BCUT2D eigenvalue weighted by Gasteiger charge is 2.22. The molecule has 0 radical (unpaired) electrons. The molecule has 0 spiro atoms. The van der Waals surface area contributed by atoms with Gasteiger partial charge in [0.2, 0.25) is 0 Å². The normalized spacial score (nSPS) is 13.6. The molecule has 1 aromatic carbocycles. The second kappa shape index (κ2) is 7.91. The quantitative estimate of drug-likeness (QED) is 0.417. The third-order valence-electron chi connectivity index (χ3n) is 5.37. The Morgan fingerprint density at radius 3 is 2.76 bits per heavy atom. The Labute approximate surface area is 173 Å². The van der Waals surface area contributed by atoms with Crippen LogP contribution in [0, 0.1) is 6.92 Å². The van der Waals surface area contributed by atoms with E-state index in [1.807, 2.05) is 19.1 Å². The molecular weight excluding hydrogens is 384 g/mol. The fourth-order valence-electron chi connectivity index (χ4n) is 3.82. The van der Waals surface area contributed by atoms with Crippen molar-refractivity contribution in [1.29, 1.82) is 0 Å². The summed E-state index contributed by atoms with van der Waals surface area (Å²) in [6.07, 6.45) is 6.15. The van der Waals surface area contributed by atoms with Gasteiger partial charge in [0.15, 0.2) is 11.0 Å². The number of hydrogen-bond donors (Lipinski definition) is 0. The molecule has 0 saturated heterocycles. The van der Waals surface area contributed by atoms with Crippen molar-refractivity contribution in [3.8, 4) is 11.4 Å². The Kier molecular flexibility index (Phi) is 4.97. The highest BCUT2D eigenvalue weighted by Crippen LogP contribution is 2.32. The molecule has 0 saturated carbocycles. The average Bonchev–Trinajstić information content (AvgIpc) is 3.46. The second-order valence-corrected chi connectivity index (χ2v) is 8.24. The van der Waals surface area contributed by atoms with E-state index < -0.39 is 0 Å². The van der Waals surface area contributed by atoms with Gasteiger partial charge in [-0.25, -0.2) is 0 Å². The Balaban J connectivity index is 1.45. The lowest BCUT2D eigenvalue weighted by atomic mass is 9.97. The summed E-state index contributed by atoms with van der Waals surface area (Å²) in [5.41, 5.74) is 4.51. The number of aromatic nitrogens is 4. The minimum absolute atomic E-state index is 0.701. The number of rotatable bonds is 6. The second-order valence-electron chi connectivity index (χ2n) is 7.30. The first-order valence-corrected chi connectivity index (χ1v) is 10.9. The minimum Gasteiger partial charge on any atom is -0.469 e. The maximum atomic E-state index is 5.56. The summed E-state index contributed by atoms with van der Waals surface area (Å²) in [4.78, 5) is 0. The first-order chi connectivity index (χ1) is 14.3. The number of thioether (sulfide) groups is 1. The zero-order valence-electron chi connectivity index (χ0n) is 16.3. The maximum Gasteiger partial charge on any atom is 0.192 e. The van der Waals surface area contributed by atoms with Crippen LogP contribution in [-0.2, 0) is 25.1 Å². The summed E-state index contributed by atoms with van der Waals surface area (Å²) < 4.78 is 13.2. The number of furan rings is 1. The molecule has 148 valence electrons. The average molecular weight is 407 g/mol. The monoisotopic (exact) mass is 406 g/mol. The van der Waals surface area contributed by atoms with E-state index >= 15 is 0 Å². The zero-order chi connectivity index (χ0) is 19.6. The van der Waals surface area contributed by atoms with Gasteiger partial charge in [-0.2, -0.15) is 0 Å².